The van der Waals surface area contributed by atoms with Gasteiger partial charge in [0.15, 0.2) is 0 Å². The highest BCUT2D eigenvalue weighted by molar-refractivity contribution is 7.07. The Morgan fingerprint density at radius 3 is 2.54 bits per heavy atom. The van der Waals surface area contributed by atoms with Crippen LogP contribution in [0, 0.1) is 12.8 Å². The van der Waals surface area contributed by atoms with Crippen molar-refractivity contribution in [1.82, 2.24) is 9.47 Å². The van der Waals surface area contributed by atoms with Gasteiger partial charge in [0, 0.05) is 37.1 Å². The van der Waals surface area contributed by atoms with Crippen LogP contribution in [0.2, 0.25) is 0 Å². The molecule has 0 spiro atoms. The van der Waals surface area contributed by atoms with Gasteiger partial charge in [-0.3, -0.25) is 9.59 Å². The second-order valence-electron chi connectivity index (χ2n) is 6.56. The zero-order valence-corrected chi connectivity index (χ0v) is 14.9. The Morgan fingerprint density at radius 1 is 1.21 bits per heavy atom. The monoisotopic (exact) mass is 344 g/mol. The van der Waals surface area contributed by atoms with Crippen LogP contribution in [0.1, 0.15) is 30.5 Å². The number of carbonyl (C=O) groups excluding carboxylic acids is 1. The first-order chi connectivity index (χ1) is 11.6. The van der Waals surface area contributed by atoms with Crippen LogP contribution in [0.3, 0.4) is 0 Å². The van der Waals surface area contributed by atoms with E-state index in [1.54, 1.807) is 4.57 Å². The molecule has 1 saturated heterocycles. The van der Waals surface area contributed by atoms with E-state index in [1.807, 2.05) is 23.3 Å². The number of hydrogen-bond donors (Lipinski definition) is 0. The number of aromatic nitrogens is 1. The van der Waals surface area contributed by atoms with E-state index in [-0.39, 0.29) is 10.8 Å². The van der Waals surface area contributed by atoms with Crippen LogP contribution in [0.25, 0.3) is 0 Å². The van der Waals surface area contributed by atoms with Gasteiger partial charge in [0.05, 0.1) is 0 Å². The Bertz CT molecular complexity index is 727. The molecule has 24 heavy (non-hydrogen) atoms. The summed E-state index contributed by atoms with van der Waals surface area (Å²) < 4.78 is 1.70. The van der Waals surface area contributed by atoms with Crippen LogP contribution in [-0.2, 0) is 17.8 Å². The highest BCUT2D eigenvalue weighted by atomic mass is 32.1. The fourth-order valence-corrected chi connectivity index (χ4v) is 4.14. The highest BCUT2D eigenvalue weighted by Gasteiger charge is 2.22. The van der Waals surface area contributed by atoms with Crippen molar-refractivity contribution in [1.29, 1.82) is 0 Å². The Balaban J connectivity index is 1.46. The molecule has 1 amide bonds. The molecular formula is C19H24N2O2S. The lowest BCUT2D eigenvalue weighted by molar-refractivity contribution is -0.132. The zero-order chi connectivity index (χ0) is 16.9. The van der Waals surface area contributed by atoms with Crippen molar-refractivity contribution in [2.75, 3.05) is 13.1 Å². The first-order valence-electron chi connectivity index (χ1n) is 8.60. The smallest absolute Gasteiger partial charge is 0.307 e. The Morgan fingerprint density at radius 2 is 1.92 bits per heavy atom. The Labute approximate surface area is 146 Å². The summed E-state index contributed by atoms with van der Waals surface area (Å²) in [7, 11) is 0. The number of piperidine rings is 1. The van der Waals surface area contributed by atoms with Gasteiger partial charge in [-0.15, -0.1) is 0 Å². The summed E-state index contributed by atoms with van der Waals surface area (Å²) in [6.07, 6.45) is 3.66. The zero-order valence-electron chi connectivity index (χ0n) is 14.1. The number of nitrogens with zero attached hydrogens (tertiary/aromatic N) is 2. The van der Waals surface area contributed by atoms with Crippen LogP contribution in [-0.4, -0.2) is 28.5 Å². The predicted octanol–water partition coefficient (Wildman–Crippen LogP) is 3.09. The molecule has 0 bridgehead atoms. The quantitative estimate of drug-likeness (QED) is 0.836. The van der Waals surface area contributed by atoms with Crippen molar-refractivity contribution in [2.24, 2.45) is 5.92 Å². The molecule has 0 N–H and O–H groups in total. The Hall–Kier alpha value is -1.88. The number of thiazole rings is 1. The molecule has 128 valence electrons. The van der Waals surface area contributed by atoms with E-state index in [0.29, 0.717) is 18.9 Å². The third kappa shape index (κ3) is 4.15. The summed E-state index contributed by atoms with van der Waals surface area (Å²) >= 11 is 1.20. The molecule has 2 aromatic rings. The van der Waals surface area contributed by atoms with E-state index < -0.39 is 0 Å². The van der Waals surface area contributed by atoms with E-state index in [2.05, 4.69) is 24.3 Å². The van der Waals surface area contributed by atoms with Crippen molar-refractivity contribution >= 4 is 17.2 Å². The lowest BCUT2D eigenvalue weighted by atomic mass is 9.90. The maximum Gasteiger partial charge on any atom is 0.307 e. The number of rotatable bonds is 5. The van der Waals surface area contributed by atoms with E-state index in [4.69, 9.17) is 0 Å². The lowest BCUT2D eigenvalue weighted by Crippen LogP contribution is -2.39. The van der Waals surface area contributed by atoms with Crippen molar-refractivity contribution in [3.63, 3.8) is 0 Å². The van der Waals surface area contributed by atoms with Gasteiger partial charge < -0.3 is 9.47 Å². The van der Waals surface area contributed by atoms with Crippen molar-refractivity contribution < 1.29 is 4.79 Å². The van der Waals surface area contributed by atoms with Crippen molar-refractivity contribution in [3.05, 3.63) is 56.6 Å². The van der Waals surface area contributed by atoms with E-state index in [9.17, 15) is 9.59 Å². The summed E-state index contributed by atoms with van der Waals surface area (Å²) in [4.78, 5) is 26.1. The molecule has 0 saturated carbocycles. The summed E-state index contributed by atoms with van der Waals surface area (Å²) in [5.74, 6) is 0.837. The van der Waals surface area contributed by atoms with Crippen LogP contribution in [0.5, 0.6) is 0 Å². The first-order valence-corrected chi connectivity index (χ1v) is 9.48. The normalized spacial score (nSPS) is 15.6. The number of hydrogen-bond acceptors (Lipinski definition) is 3. The van der Waals surface area contributed by atoms with Crippen molar-refractivity contribution in [2.45, 2.75) is 39.2 Å². The van der Waals surface area contributed by atoms with Crippen LogP contribution < -0.4 is 4.87 Å². The summed E-state index contributed by atoms with van der Waals surface area (Å²) in [6.45, 7) is 4.09. The van der Waals surface area contributed by atoms with Gasteiger partial charge in [-0.2, -0.15) is 0 Å². The average Bonchev–Trinajstić information content (AvgIpc) is 2.92. The van der Waals surface area contributed by atoms with Gasteiger partial charge in [-0.25, -0.2) is 0 Å². The molecule has 3 rings (SSSR count). The van der Waals surface area contributed by atoms with Gasteiger partial charge in [0.1, 0.15) is 0 Å². The molecule has 5 heteroatoms. The van der Waals surface area contributed by atoms with Crippen LogP contribution in [0.15, 0.2) is 40.5 Å². The average molecular weight is 344 g/mol. The van der Waals surface area contributed by atoms with Crippen molar-refractivity contribution in [3.8, 4) is 0 Å². The minimum absolute atomic E-state index is 0.0295. The third-order valence-electron chi connectivity index (χ3n) is 4.86. The molecule has 2 heterocycles. The molecule has 0 aliphatic carbocycles. The van der Waals surface area contributed by atoms with Crippen LogP contribution in [0.4, 0.5) is 0 Å². The van der Waals surface area contributed by atoms with E-state index >= 15 is 0 Å². The number of amides is 1. The first kappa shape index (κ1) is 17.0. The van der Waals surface area contributed by atoms with Gasteiger partial charge >= 0.3 is 4.87 Å². The van der Waals surface area contributed by atoms with Crippen LogP contribution >= 0.6 is 11.3 Å². The molecule has 0 atom stereocenters. The number of benzene rings is 1. The fraction of sp³-hybridized carbons (Fsp3) is 0.474. The second-order valence-corrected chi connectivity index (χ2v) is 7.38. The standard InChI is InChI=1S/C19H24N2O2S/c1-15-14-24-19(23)21(15)12-9-18(22)20-10-7-17(8-11-20)13-16-5-3-2-4-6-16/h2-6,14,17H,7-13H2,1H3. The van der Waals surface area contributed by atoms with Gasteiger partial charge in [-0.05, 0) is 37.7 Å². The molecular weight excluding hydrogens is 320 g/mol. The molecule has 4 nitrogen and oxygen atoms in total. The lowest BCUT2D eigenvalue weighted by Gasteiger charge is -2.32. The summed E-state index contributed by atoms with van der Waals surface area (Å²) in [5.41, 5.74) is 2.33. The molecule has 1 aromatic carbocycles. The number of likely N-dealkylation sites (tertiary alicyclic amines) is 1. The molecule has 1 aliphatic heterocycles. The maximum absolute atomic E-state index is 12.4. The predicted molar refractivity (Wildman–Crippen MR) is 97.4 cm³/mol. The number of aryl methyl sites for hydroxylation is 1. The van der Waals surface area contributed by atoms with E-state index in [0.717, 1.165) is 38.0 Å². The molecule has 1 fully saturated rings. The van der Waals surface area contributed by atoms with E-state index in [1.165, 1.54) is 16.9 Å². The molecule has 1 aliphatic rings. The van der Waals surface area contributed by atoms with Gasteiger partial charge in [0.25, 0.3) is 0 Å². The van der Waals surface area contributed by atoms with Gasteiger partial charge in [0.2, 0.25) is 5.91 Å². The molecule has 1 aromatic heterocycles. The maximum atomic E-state index is 12.4. The molecule has 0 unspecified atom stereocenters. The molecule has 0 radical (unpaired) electrons. The van der Waals surface area contributed by atoms with Gasteiger partial charge in [-0.1, -0.05) is 41.7 Å². The minimum atomic E-state index is 0.0295. The highest BCUT2D eigenvalue weighted by Crippen LogP contribution is 2.22. The Kier molecular flexibility index (Phi) is 5.51. The second kappa shape index (κ2) is 7.79. The summed E-state index contributed by atoms with van der Waals surface area (Å²) in [6, 6.07) is 10.6. The SMILES string of the molecule is Cc1csc(=O)n1CCC(=O)N1CCC(Cc2ccccc2)CC1. The largest absolute Gasteiger partial charge is 0.343 e. The topological polar surface area (TPSA) is 42.3 Å². The minimum Gasteiger partial charge on any atom is -0.343 e. The summed E-state index contributed by atoms with van der Waals surface area (Å²) in [5, 5.41) is 1.85. The number of carbonyl (C=O) groups is 1. The fourth-order valence-electron chi connectivity index (χ4n) is 3.37. The third-order valence-corrected chi connectivity index (χ3v) is 5.74.